The molecule has 0 radical (unpaired) electrons. The highest BCUT2D eigenvalue weighted by atomic mass is 16.7. The Morgan fingerprint density at radius 1 is 1.13 bits per heavy atom. The van der Waals surface area contributed by atoms with Gasteiger partial charge in [-0.05, 0) is 7.05 Å². The number of hydrogen-bond acceptors (Lipinski definition) is 5. The number of ether oxygens (including phenoxy) is 3. The third kappa shape index (κ3) is 8.77. The number of hydrogen-bond donors (Lipinski definition) is 1. The monoisotopic (exact) mass is 220 g/mol. The standard InChI is InChI=1S/C10H24N2O3/c1-12(7-8-13-2)6-5-11-9-10(14-3)15-4/h10-11H,5-9H2,1-4H3. The van der Waals surface area contributed by atoms with Crippen molar-refractivity contribution in [3.8, 4) is 0 Å². The minimum absolute atomic E-state index is 0.158. The van der Waals surface area contributed by atoms with E-state index in [0.717, 1.165) is 26.2 Å². The van der Waals surface area contributed by atoms with Crippen LogP contribution in [-0.2, 0) is 14.2 Å². The highest BCUT2D eigenvalue weighted by molar-refractivity contribution is 4.56. The fourth-order valence-electron chi connectivity index (χ4n) is 1.11. The van der Waals surface area contributed by atoms with E-state index in [0.29, 0.717) is 6.54 Å². The Kier molecular flexibility index (Phi) is 10.2. The van der Waals surface area contributed by atoms with Gasteiger partial charge in [0.2, 0.25) is 0 Å². The summed E-state index contributed by atoms with van der Waals surface area (Å²) < 4.78 is 15.1. The molecule has 0 aromatic carbocycles. The second-order valence-electron chi connectivity index (χ2n) is 3.40. The van der Waals surface area contributed by atoms with Crippen LogP contribution < -0.4 is 5.32 Å². The van der Waals surface area contributed by atoms with Gasteiger partial charge in [-0.15, -0.1) is 0 Å². The first-order valence-corrected chi connectivity index (χ1v) is 5.18. The van der Waals surface area contributed by atoms with E-state index in [4.69, 9.17) is 14.2 Å². The molecule has 0 aliphatic heterocycles. The van der Waals surface area contributed by atoms with Crippen LogP contribution in [0.1, 0.15) is 0 Å². The van der Waals surface area contributed by atoms with Crippen molar-refractivity contribution in [1.82, 2.24) is 10.2 Å². The maximum Gasteiger partial charge on any atom is 0.169 e. The van der Waals surface area contributed by atoms with E-state index >= 15 is 0 Å². The van der Waals surface area contributed by atoms with Gasteiger partial charge in [0.05, 0.1) is 6.61 Å². The highest BCUT2D eigenvalue weighted by Crippen LogP contribution is 1.87. The van der Waals surface area contributed by atoms with Gasteiger partial charge in [-0.2, -0.15) is 0 Å². The predicted molar refractivity (Wildman–Crippen MR) is 60.0 cm³/mol. The lowest BCUT2D eigenvalue weighted by atomic mass is 10.5. The van der Waals surface area contributed by atoms with Crippen LogP contribution in [0.4, 0.5) is 0 Å². The number of nitrogens with one attached hydrogen (secondary N) is 1. The summed E-state index contributed by atoms with van der Waals surface area (Å²) in [4.78, 5) is 2.21. The lowest BCUT2D eigenvalue weighted by molar-refractivity contribution is -0.0987. The molecule has 0 amide bonds. The van der Waals surface area contributed by atoms with E-state index in [9.17, 15) is 0 Å². The molecule has 0 saturated carbocycles. The molecule has 0 aromatic heterocycles. The Balaban J connectivity index is 3.29. The Morgan fingerprint density at radius 3 is 2.33 bits per heavy atom. The summed E-state index contributed by atoms with van der Waals surface area (Å²) in [6, 6.07) is 0. The topological polar surface area (TPSA) is 43.0 Å². The number of methoxy groups -OCH3 is 3. The maximum atomic E-state index is 5.05. The normalized spacial score (nSPS) is 11.6. The second kappa shape index (κ2) is 10.3. The van der Waals surface area contributed by atoms with Gasteiger partial charge in [0.1, 0.15) is 0 Å². The Labute approximate surface area is 92.7 Å². The van der Waals surface area contributed by atoms with E-state index in [2.05, 4.69) is 17.3 Å². The van der Waals surface area contributed by atoms with Gasteiger partial charge in [-0.1, -0.05) is 0 Å². The van der Waals surface area contributed by atoms with Crippen LogP contribution in [0, 0.1) is 0 Å². The number of nitrogens with zero attached hydrogens (tertiary/aromatic N) is 1. The smallest absolute Gasteiger partial charge is 0.169 e. The zero-order valence-corrected chi connectivity index (χ0v) is 10.3. The molecule has 5 heteroatoms. The average Bonchev–Trinajstić information content (AvgIpc) is 2.26. The van der Waals surface area contributed by atoms with Crippen molar-refractivity contribution in [2.24, 2.45) is 0 Å². The third-order valence-electron chi connectivity index (χ3n) is 2.18. The summed E-state index contributed by atoms with van der Waals surface area (Å²) >= 11 is 0. The van der Waals surface area contributed by atoms with Crippen molar-refractivity contribution < 1.29 is 14.2 Å². The van der Waals surface area contributed by atoms with Gasteiger partial charge in [-0.25, -0.2) is 0 Å². The molecule has 0 spiro atoms. The van der Waals surface area contributed by atoms with Crippen LogP contribution in [-0.4, -0.2) is 72.4 Å². The van der Waals surface area contributed by atoms with Crippen LogP contribution in [0.15, 0.2) is 0 Å². The predicted octanol–water partition coefficient (Wildman–Crippen LogP) is -0.227. The first kappa shape index (κ1) is 14.8. The van der Waals surface area contributed by atoms with Crippen LogP contribution in [0.2, 0.25) is 0 Å². The summed E-state index contributed by atoms with van der Waals surface area (Å²) in [7, 11) is 7.07. The molecule has 5 nitrogen and oxygen atoms in total. The molecule has 0 bridgehead atoms. The van der Waals surface area contributed by atoms with Gasteiger partial charge >= 0.3 is 0 Å². The fraction of sp³-hybridized carbons (Fsp3) is 1.00. The highest BCUT2D eigenvalue weighted by Gasteiger charge is 2.03. The van der Waals surface area contributed by atoms with Crippen LogP contribution >= 0.6 is 0 Å². The van der Waals surface area contributed by atoms with Crippen LogP contribution in [0.3, 0.4) is 0 Å². The molecule has 0 aliphatic carbocycles. The molecule has 15 heavy (non-hydrogen) atoms. The summed E-state index contributed by atoms with van der Waals surface area (Å²) in [6.45, 7) is 4.35. The van der Waals surface area contributed by atoms with Crippen molar-refractivity contribution in [2.75, 3.05) is 61.2 Å². The van der Waals surface area contributed by atoms with Crippen molar-refractivity contribution >= 4 is 0 Å². The molecule has 0 atom stereocenters. The maximum absolute atomic E-state index is 5.05. The van der Waals surface area contributed by atoms with Gasteiger partial charge in [0.15, 0.2) is 6.29 Å². The lowest BCUT2D eigenvalue weighted by Crippen LogP contribution is -2.36. The molecule has 0 heterocycles. The zero-order chi connectivity index (χ0) is 11.5. The first-order valence-electron chi connectivity index (χ1n) is 5.18. The summed E-state index contributed by atoms with van der Waals surface area (Å²) in [6.07, 6.45) is -0.158. The van der Waals surface area contributed by atoms with Crippen molar-refractivity contribution in [2.45, 2.75) is 6.29 Å². The van der Waals surface area contributed by atoms with Gasteiger partial charge in [0.25, 0.3) is 0 Å². The average molecular weight is 220 g/mol. The number of likely N-dealkylation sites (N-methyl/N-ethyl adjacent to an activating group) is 1. The SMILES string of the molecule is COCCN(C)CCNCC(OC)OC. The molecular weight excluding hydrogens is 196 g/mol. The molecule has 1 N–H and O–H groups in total. The lowest BCUT2D eigenvalue weighted by Gasteiger charge is -2.18. The molecular formula is C10H24N2O3. The summed E-state index contributed by atoms with van der Waals surface area (Å²) in [5.41, 5.74) is 0. The zero-order valence-electron chi connectivity index (χ0n) is 10.3. The van der Waals surface area contributed by atoms with Crippen molar-refractivity contribution in [3.05, 3.63) is 0 Å². The second-order valence-corrected chi connectivity index (χ2v) is 3.40. The van der Waals surface area contributed by atoms with E-state index in [1.165, 1.54) is 0 Å². The number of rotatable bonds is 10. The summed E-state index contributed by atoms with van der Waals surface area (Å²) in [5.74, 6) is 0. The van der Waals surface area contributed by atoms with Gasteiger partial charge < -0.3 is 24.4 Å². The Bertz CT molecular complexity index is 132. The fourth-order valence-corrected chi connectivity index (χ4v) is 1.11. The Hall–Kier alpha value is -0.200. The van der Waals surface area contributed by atoms with Crippen molar-refractivity contribution in [3.63, 3.8) is 0 Å². The van der Waals surface area contributed by atoms with Gasteiger partial charge in [-0.3, -0.25) is 0 Å². The van der Waals surface area contributed by atoms with E-state index in [1.54, 1.807) is 21.3 Å². The molecule has 0 saturated heterocycles. The third-order valence-corrected chi connectivity index (χ3v) is 2.18. The molecule has 0 unspecified atom stereocenters. The largest absolute Gasteiger partial charge is 0.383 e. The summed E-state index contributed by atoms with van der Waals surface area (Å²) in [5, 5.41) is 3.26. The van der Waals surface area contributed by atoms with Gasteiger partial charge in [0, 0.05) is 47.5 Å². The van der Waals surface area contributed by atoms with E-state index in [-0.39, 0.29) is 6.29 Å². The molecule has 92 valence electrons. The molecule has 0 aromatic rings. The van der Waals surface area contributed by atoms with Crippen LogP contribution in [0.25, 0.3) is 0 Å². The minimum Gasteiger partial charge on any atom is -0.383 e. The van der Waals surface area contributed by atoms with Crippen molar-refractivity contribution in [1.29, 1.82) is 0 Å². The Morgan fingerprint density at radius 2 is 1.80 bits per heavy atom. The molecule has 0 rings (SSSR count). The van der Waals surface area contributed by atoms with E-state index < -0.39 is 0 Å². The molecule has 0 fully saturated rings. The quantitative estimate of drug-likeness (QED) is 0.407. The first-order chi connectivity index (χ1) is 7.24. The minimum atomic E-state index is -0.158. The van der Waals surface area contributed by atoms with Crippen LogP contribution in [0.5, 0.6) is 0 Å². The molecule has 0 aliphatic rings. The van der Waals surface area contributed by atoms with E-state index in [1.807, 2.05) is 0 Å².